The van der Waals surface area contributed by atoms with Crippen molar-refractivity contribution in [2.24, 2.45) is 4.99 Å². The first-order valence-electron chi connectivity index (χ1n) is 7.06. The lowest BCUT2D eigenvalue weighted by atomic mass is 10.1. The monoisotopic (exact) mass is 301 g/mol. The van der Waals surface area contributed by atoms with Crippen LogP contribution in [0.5, 0.6) is 0 Å². The summed E-state index contributed by atoms with van der Waals surface area (Å²) >= 11 is 0. The molecule has 6 heteroatoms. The van der Waals surface area contributed by atoms with E-state index < -0.39 is 12.6 Å². The van der Waals surface area contributed by atoms with Crippen LogP contribution in [0.1, 0.15) is 24.8 Å². The van der Waals surface area contributed by atoms with E-state index in [0.717, 1.165) is 13.0 Å². The fourth-order valence-electron chi connectivity index (χ4n) is 1.85. The zero-order valence-electron chi connectivity index (χ0n) is 12.2. The van der Waals surface area contributed by atoms with Gasteiger partial charge in [-0.1, -0.05) is 30.3 Å². The Balaban J connectivity index is 2.12. The Morgan fingerprint density at radius 1 is 1.05 bits per heavy atom. The van der Waals surface area contributed by atoms with E-state index in [-0.39, 0.29) is 6.42 Å². The molecule has 0 atom stereocenters. The van der Waals surface area contributed by atoms with Crippen molar-refractivity contribution in [1.82, 2.24) is 10.6 Å². The van der Waals surface area contributed by atoms with Crippen molar-refractivity contribution in [3.63, 3.8) is 0 Å². The highest BCUT2D eigenvalue weighted by atomic mass is 19.4. The van der Waals surface area contributed by atoms with E-state index in [4.69, 9.17) is 0 Å². The van der Waals surface area contributed by atoms with E-state index >= 15 is 0 Å². The summed E-state index contributed by atoms with van der Waals surface area (Å²) in [5, 5.41) is 6.16. The summed E-state index contributed by atoms with van der Waals surface area (Å²) in [6.45, 7) is 1.22. The second kappa shape index (κ2) is 9.26. The molecule has 0 heterocycles. The average molecular weight is 301 g/mol. The molecule has 0 saturated carbocycles. The van der Waals surface area contributed by atoms with Gasteiger partial charge < -0.3 is 10.6 Å². The maximum absolute atomic E-state index is 12.0. The lowest BCUT2D eigenvalue weighted by molar-refractivity contribution is -0.135. The molecule has 1 aromatic carbocycles. The first-order valence-corrected chi connectivity index (χ1v) is 7.06. The fraction of sp³-hybridized carbons (Fsp3) is 0.533. The molecule has 0 aliphatic rings. The van der Waals surface area contributed by atoms with Crippen molar-refractivity contribution in [3.8, 4) is 0 Å². The lowest BCUT2D eigenvalue weighted by Crippen LogP contribution is -2.38. The van der Waals surface area contributed by atoms with Crippen LogP contribution in [-0.2, 0) is 6.42 Å². The van der Waals surface area contributed by atoms with E-state index in [0.29, 0.717) is 18.9 Å². The van der Waals surface area contributed by atoms with E-state index in [1.165, 1.54) is 5.56 Å². The van der Waals surface area contributed by atoms with E-state index in [2.05, 4.69) is 27.8 Å². The zero-order valence-corrected chi connectivity index (χ0v) is 12.2. The molecular weight excluding hydrogens is 279 g/mol. The van der Waals surface area contributed by atoms with Gasteiger partial charge in [-0.25, -0.2) is 0 Å². The molecule has 3 nitrogen and oxygen atoms in total. The maximum Gasteiger partial charge on any atom is 0.389 e. The summed E-state index contributed by atoms with van der Waals surface area (Å²) in [6.07, 6.45) is -3.31. The molecule has 0 aromatic heterocycles. The number of halogens is 3. The molecule has 0 unspecified atom stereocenters. The number of hydrogen-bond acceptors (Lipinski definition) is 1. The van der Waals surface area contributed by atoms with Crippen molar-refractivity contribution >= 4 is 5.96 Å². The number of benzene rings is 1. The third-order valence-electron chi connectivity index (χ3n) is 2.95. The van der Waals surface area contributed by atoms with Gasteiger partial charge in [0.2, 0.25) is 0 Å². The van der Waals surface area contributed by atoms with Gasteiger partial charge in [-0.2, -0.15) is 13.2 Å². The van der Waals surface area contributed by atoms with Crippen LogP contribution in [0.25, 0.3) is 0 Å². The van der Waals surface area contributed by atoms with Crippen LogP contribution in [0.2, 0.25) is 0 Å². The molecular formula is C15H22F3N3. The Morgan fingerprint density at radius 3 is 2.33 bits per heavy atom. The molecule has 0 radical (unpaired) electrons. The largest absolute Gasteiger partial charge is 0.389 e. The van der Waals surface area contributed by atoms with E-state index in [9.17, 15) is 13.2 Å². The quantitative estimate of drug-likeness (QED) is 0.461. The number of nitrogens with zero attached hydrogens (tertiary/aromatic N) is 1. The van der Waals surface area contributed by atoms with Gasteiger partial charge >= 0.3 is 6.18 Å². The topological polar surface area (TPSA) is 36.4 Å². The molecule has 118 valence electrons. The summed E-state index contributed by atoms with van der Waals surface area (Å²) in [6, 6.07) is 10.1. The summed E-state index contributed by atoms with van der Waals surface area (Å²) in [5.74, 6) is 0.623. The third-order valence-corrected chi connectivity index (χ3v) is 2.95. The standard InChI is InChI=1S/C15H22F3N3/c1-19-14(20-11-6-5-10-15(16,17)18)21-12-9-13-7-3-2-4-8-13/h2-4,7-8H,5-6,9-12H2,1H3,(H2,19,20,21). The highest BCUT2D eigenvalue weighted by Gasteiger charge is 2.25. The van der Waals surface area contributed by atoms with Gasteiger partial charge in [-0.05, 0) is 24.8 Å². The number of aliphatic imine (C=N–C) groups is 1. The Hall–Kier alpha value is -1.72. The molecule has 2 N–H and O–H groups in total. The molecule has 0 aliphatic heterocycles. The normalized spacial score (nSPS) is 12.3. The van der Waals surface area contributed by atoms with Gasteiger partial charge in [0, 0.05) is 26.6 Å². The van der Waals surface area contributed by atoms with Crippen LogP contribution < -0.4 is 10.6 Å². The minimum atomic E-state index is -4.06. The Bertz CT molecular complexity index is 416. The first-order chi connectivity index (χ1) is 10.0. The highest BCUT2D eigenvalue weighted by Crippen LogP contribution is 2.21. The van der Waals surface area contributed by atoms with Crippen LogP contribution in [0, 0.1) is 0 Å². The molecule has 0 fully saturated rings. The highest BCUT2D eigenvalue weighted by molar-refractivity contribution is 5.79. The van der Waals surface area contributed by atoms with Crippen molar-refractivity contribution < 1.29 is 13.2 Å². The number of rotatable bonds is 7. The van der Waals surface area contributed by atoms with Crippen LogP contribution in [-0.4, -0.2) is 32.3 Å². The number of guanidine groups is 1. The van der Waals surface area contributed by atoms with E-state index in [1.807, 2.05) is 18.2 Å². The molecule has 1 rings (SSSR count). The number of hydrogen-bond donors (Lipinski definition) is 2. The number of unbranched alkanes of at least 4 members (excludes halogenated alkanes) is 1. The van der Waals surface area contributed by atoms with Crippen molar-refractivity contribution in [2.45, 2.75) is 31.9 Å². The van der Waals surface area contributed by atoms with Gasteiger partial charge in [0.15, 0.2) is 5.96 Å². The molecule has 0 saturated heterocycles. The first kappa shape index (κ1) is 17.3. The molecule has 0 bridgehead atoms. The SMILES string of the molecule is CN=C(NCCCCC(F)(F)F)NCCc1ccccc1. The van der Waals surface area contributed by atoms with Crippen LogP contribution in [0.4, 0.5) is 13.2 Å². The van der Waals surface area contributed by atoms with Crippen molar-refractivity contribution in [1.29, 1.82) is 0 Å². The molecule has 0 aliphatic carbocycles. The predicted molar refractivity (Wildman–Crippen MR) is 79.4 cm³/mol. The van der Waals surface area contributed by atoms with Gasteiger partial charge in [0.1, 0.15) is 0 Å². The minimum Gasteiger partial charge on any atom is -0.356 e. The Kier molecular flexibility index (Phi) is 7.64. The van der Waals surface area contributed by atoms with Crippen LogP contribution in [0.3, 0.4) is 0 Å². The third kappa shape index (κ3) is 8.94. The number of nitrogens with one attached hydrogen (secondary N) is 2. The molecule has 21 heavy (non-hydrogen) atoms. The summed E-state index contributed by atoms with van der Waals surface area (Å²) in [7, 11) is 1.65. The van der Waals surface area contributed by atoms with Crippen LogP contribution >= 0.6 is 0 Å². The summed E-state index contributed by atoms with van der Waals surface area (Å²) in [5.41, 5.74) is 1.23. The van der Waals surface area contributed by atoms with Crippen LogP contribution in [0.15, 0.2) is 35.3 Å². The van der Waals surface area contributed by atoms with Crippen molar-refractivity contribution in [3.05, 3.63) is 35.9 Å². The van der Waals surface area contributed by atoms with Crippen molar-refractivity contribution in [2.75, 3.05) is 20.1 Å². The smallest absolute Gasteiger partial charge is 0.356 e. The second-order valence-corrected chi connectivity index (χ2v) is 4.73. The van der Waals surface area contributed by atoms with Gasteiger partial charge in [-0.3, -0.25) is 4.99 Å². The Morgan fingerprint density at radius 2 is 1.71 bits per heavy atom. The summed E-state index contributed by atoms with van der Waals surface area (Å²) < 4.78 is 35.9. The lowest BCUT2D eigenvalue weighted by Gasteiger charge is -2.12. The minimum absolute atomic E-state index is 0.136. The average Bonchev–Trinajstić information content (AvgIpc) is 2.45. The Labute approximate surface area is 123 Å². The second-order valence-electron chi connectivity index (χ2n) is 4.73. The molecule has 0 amide bonds. The molecule has 0 spiro atoms. The van der Waals surface area contributed by atoms with Gasteiger partial charge in [0.25, 0.3) is 0 Å². The predicted octanol–water partition coefficient (Wildman–Crippen LogP) is 3.13. The summed E-state index contributed by atoms with van der Waals surface area (Å²) in [4.78, 5) is 4.04. The number of alkyl halides is 3. The molecule has 1 aromatic rings. The fourth-order valence-corrected chi connectivity index (χ4v) is 1.85. The maximum atomic E-state index is 12.0. The van der Waals surface area contributed by atoms with E-state index in [1.54, 1.807) is 7.05 Å². The van der Waals surface area contributed by atoms with Gasteiger partial charge in [-0.15, -0.1) is 0 Å². The zero-order chi connectivity index (χ0) is 15.6. The van der Waals surface area contributed by atoms with Gasteiger partial charge in [0.05, 0.1) is 0 Å².